The van der Waals surface area contributed by atoms with E-state index in [1.54, 1.807) is 12.4 Å². The Kier molecular flexibility index (Phi) is 5.01. The number of nitrogens with zero attached hydrogens (tertiary/aromatic N) is 4. The molecule has 0 bridgehead atoms. The predicted molar refractivity (Wildman–Crippen MR) is 106 cm³/mol. The second-order valence-corrected chi connectivity index (χ2v) is 8.13. The average Bonchev–Trinajstić information content (AvgIpc) is 2.92. The maximum absolute atomic E-state index is 13.0. The fourth-order valence-corrected chi connectivity index (χ4v) is 3.54. The Labute approximate surface area is 156 Å². The molecule has 5 nitrogen and oxygen atoms in total. The van der Waals surface area contributed by atoms with Crippen LogP contribution in [0.25, 0.3) is 0 Å². The lowest BCUT2D eigenvalue weighted by Gasteiger charge is -2.38. The molecule has 2 heterocycles. The summed E-state index contributed by atoms with van der Waals surface area (Å²) in [5.41, 5.74) is 3.00. The van der Waals surface area contributed by atoms with E-state index in [2.05, 4.69) is 42.9 Å². The first kappa shape index (κ1) is 18.4. The van der Waals surface area contributed by atoms with E-state index in [4.69, 9.17) is 0 Å². The molecule has 1 aliphatic heterocycles. The Hall–Kier alpha value is -2.40. The van der Waals surface area contributed by atoms with Gasteiger partial charge in [0, 0.05) is 39.3 Å². The third-order valence-electron chi connectivity index (χ3n) is 4.90. The molecular formula is C21H28N4O. The number of carbonyl (C=O) groups excluding carboxylic acids is 1. The van der Waals surface area contributed by atoms with Gasteiger partial charge < -0.3 is 4.90 Å². The van der Waals surface area contributed by atoms with Crippen molar-refractivity contribution in [3.05, 3.63) is 54.4 Å². The van der Waals surface area contributed by atoms with E-state index in [-0.39, 0.29) is 17.4 Å². The quantitative estimate of drug-likeness (QED) is 0.841. The molecule has 2 aromatic rings. The molecule has 0 spiro atoms. The average molecular weight is 352 g/mol. The molecule has 1 aromatic carbocycles. The van der Waals surface area contributed by atoms with Gasteiger partial charge in [0.2, 0.25) is 5.91 Å². The molecule has 1 amide bonds. The van der Waals surface area contributed by atoms with Gasteiger partial charge in [-0.15, -0.1) is 0 Å². The van der Waals surface area contributed by atoms with Crippen molar-refractivity contribution in [3.8, 4) is 0 Å². The van der Waals surface area contributed by atoms with Gasteiger partial charge in [0.05, 0.1) is 11.9 Å². The summed E-state index contributed by atoms with van der Waals surface area (Å²) in [6.07, 6.45) is 4.07. The van der Waals surface area contributed by atoms with Crippen molar-refractivity contribution in [3.63, 3.8) is 0 Å². The molecule has 1 aromatic heterocycles. The van der Waals surface area contributed by atoms with Crippen molar-refractivity contribution in [2.24, 2.45) is 5.41 Å². The molecule has 26 heavy (non-hydrogen) atoms. The third kappa shape index (κ3) is 3.58. The number of hydrogen-bond acceptors (Lipinski definition) is 4. The molecule has 3 rings (SSSR count). The number of benzene rings is 1. The van der Waals surface area contributed by atoms with Crippen molar-refractivity contribution in [1.29, 1.82) is 0 Å². The summed E-state index contributed by atoms with van der Waals surface area (Å²) in [6, 6.07) is 12.4. The van der Waals surface area contributed by atoms with Gasteiger partial charge in [-0.3, -0.25) is 9.78 Å². The Morgan fingerprint density at radius 1 is 1.15 bits per heavy atom. The number of hydrazine groups is 1. The number of aromatic nitrogens is 1. The molecule has 5 heteroatoms. The van der Waals surface area contributed by atoms with Crippen LogP contribution in [0.1, 0.15) is 32.8 Å². The highest BCUT2D eigenvalue weighted by Crippen LogP contribution is 2.39. The van der Waals surface area contributed by atoms with Gasteiger partial charge in [-0.25, -0.2) is 10.0 Å². The zero-order chi connectivity index (χ0) is 18.9. The molecule has 0 radical (unpaired) electrons. The van der Waals surface area contributed by atoms with E-state index in [0.717, 1.165) is 11.4 Å². The normalized spacial score (nSPS) is 18.4. The lowest BCUT2D eigenvalue weighted by Crippen LogP contribution is -2.47. The van der Waals surface area contributed by atoms with Crippen molar-refractivity contribution in [2.75, 3.05) is 24.0 Å². The maximum Gasteiger partial charge on any atom is 0.243 e. The van der Waals surface area contributed by atoms with Crippen molar-refractivity contribution < 1.29 is 4.79 Å². The van der Waals surface area contributed by atoms with Gasteiger partial charge in [0.15, 0.2) is 0 Å². The van der Waals surface area contributed by atoms with Crippen LogP contribution in [-0.4, -0.2) is 36.0 Å². The van der Waals surface area contributed by atoms with Crippen LogP contribution in [0.2, 0.25) is 0 Å². The Morgan fingerprint density at radius 3 is 2.46 bits per heavy atom. The van der Waals surface area contributed by atoms with E-state index in [0.29, 0.717) is 13.0 Å². The zero-order valence-electron chi connectivity index (χ0n) is 16.3. The molecule has 0 N–H and O–H groups in total. The minimum absolute atomic E-state index is 0.0142. The van der Waals surface area contributed by atoms with E-state index in [1.165, 1.54) is 5.56 Å². The third-order valence-corrected chi connectivity index (χ3v) is 4.90. The second kappa shape index (κ2) is 7.08. The highest BCUT2D eigenvalue weighted by Gasteiger charge is 2.45. The van der Waals surface area contributed by atoms with Gasteiger partial charge in [0.1, 0.15) is 5.69 Å². The minimum Gasteiger partial charge on any atom is -0.376 e. The molecular weight excluding hydrogens is 324 g/mol. The molecule has 1 saturated heterocycles. The van der Waals surface area contributed by atoms with Crippen LogP contribution in [0.4, 0.5) is 11.4 Å². The summed E-state index contributed by atoms with van der Waals surface area (Å²) >= 11 is 0. The highest BCUT2D eigenvalue weighted by molar-refractivity contribution is 5.98. The number of rotatable bonds is 4. The van der Waals surface area contributed by atoms with Crippen LogP contribution >= 0.6 is 0 Å². The molecule has 1 atom stereocenters. The molecule has 0 aliphatic carbocycles. The lowest BCUT2D eigenvalue weighted by atomic mass is 9.85. The van der Waals surface area contributed by atoms with Gasteiger partial charge >= 0.3 is 0 Å². The first-order chi connectivity index (χ1) is 12.3. The largest absolute Gasteiger partial charge is 0.376 e. The van der Waals surface area contributed by atoms with Crippen molar-refractivity contribution in [1.82, 2.24) is 9.99 Å². The number of pyridine rings is 1. The summed E-state index contributed by atoms with van der Waals surface area (Å²) in [4.78, 5) is 19.4. The fraction of sp³-hybridized carbons (Fsp3) is 0.429. The number of carbonyl (C=O) groups is 1. The smallest absolute Gasteiger partial charge is 0.243 e. The topological polar surface area (TPSA) is 39.7 Å². The SMILES string of the molecule is CN(C)c1ccncc1N1C(=O)C[C@H](C(C)(C)C)N1Cc1ccccc1. The zero-order valence-corrected chi connectivity index (χ0v) is 16.3. The van der Waals surface area contributed by atoms with Crippen LogP contribution in [0.3, 0.4) is 0 Å². The summed E-state index contributed by atoms with van der Waals surface area (Å²) in [5.74, 6) is 0.122. The highest BCUT2D eigenvalue weighted by atomic mass is 16.2. The second-order valence-electron chi connectivity index (χ2n) is 8.13. The number of anilines is 2. The van der Waals surface area contributed by atoms with E-state index in [9.17, 15) is 4.79 Å². The summed E-state index contributed by atoms with van der Waals surface area (Å²) in [6.45, 7) is 7.28. The molecule has 138 valence electrons. The Balaban J connectivity index is 2.05. The Bertz CT molecular complexity index is 767. The van der Waals surface area contributed by atoms with E-state index >= 15 is 0 Å². The molecule has 1 fully saturated rings. The van der Waals surface area contributed by atoms with Gasteiger partial charge in [-0.05, 0) is 17.0 Å². The van der Waals surface area contributed by atoms with Crippen LogP contribution in [0.15, 0.2) is 48.8 Å². The fourth-order valence-electron chi connectivity index (χ4n) is 3.54. The minimum atomic E-state index is -0.0142. The first-order valence-corrected chi connectivity index (χ1v) is 9.04. The summed E-state index contributed by atoms with van der Waals surface area (Å²) in [5, 5.41) is 4.05. The molecule has 0 saturated carbocycles. The van der Waals surface area contributed by atoms with Crippen molar-refractivity contribution in [2.45, 2.75) is 39.8 Å². The van der Waals surface area contributed by atoms with Gasteiger partial charge in [-0.2, -0.15) is 0 Å². The number of hydrogen-bond donors (Lipinski definition) is 0. The monoisotopic (exact) mass is 352 g/mol. The van der Waals surface area contributed by atoms with Gasteiger partial charge in [0.25, 0.3) is 0 Å². The van der Waals surface area contributed by atoms with E-state index in [1.807, 2.05) is 48.3 Å². The van der Waals surface area contributed by atoms with Gasteiger partial charge in [-0.1, -0.05) is 51.1 Å². The van der Waals surface area contributed by atoms with E-state index < -0.39 is 0 Å². The molecule has 0 unspecified atom stereocenters. The standard InChI is InChI=1S/C21H28N4O/c1-21(2,3)19-13-20(26)25(18-14-22-12-11-17(18)23(4)5)24(19)15-16-9-7-6-8-10-16/h6-12,14,19H,13,15H2,1-5H3/t19-/m1/s1. The Morgan fingerprint density at radius 2 is 1.85 bits per heavy atom. The lowest BCUT2D eigenvalue weighted by molar-refractivity contribution is -0.118. The predicted octanol–water partition coefficient (Wildman–Crippen LogP) is 3.72. The van der Waals surface area contributed by atoms with Crippen LogP contribution in [-0.2, 0) is 11.3 Å². The number of amides is 1. The molecule has 1 aliphatic rings. The maximum atomic E-state index is 13.0. The summed E-state index contributed by atoms with van der Waals surface area (Å²) in [7, 11) is 3.98. The van der Waals surface area contributed by atoms with Crippen molar-refractivity contribution >= 4 is 17.3 Å². The van der Waals surface area contributed by atoms with Crippen LogP contribution < -0.4 is 9.91 Å². The first-order valence-electron chi connectivity index (χ1n) is 9.04. The summed E-state index contributed by atoms with van der Waals surface area (Å²) < 4.78 is 0. The van der Waals surface area contributed by atoms with Crippen LogP contribution in [0.5, 0.6) is 0 Å². The van der Waals surface area contributed by atoms with Crippen LogP contribution in [0, 0.1) is 5.41 Å².